The van der Waals surface area contributed by atoms with Gasteiger partial charge in [-0.15, -0.1) is 0 Å². The van der Waals surface area contributed by atoms with Crippen LogP contribution in [0.15, 0.2) is 41.3 Å². The molecule has 2 aromatic rings. The maximum Gasteiger partial charge on any atom is 0.322 e. The lowest BCUT2D eigenvalue weighted by atomic mass is 10.1. The smallest absolute Gasteiger partial charge is 0.322 e. The number of carbonyl (C=O) groups is 2. The van der Waals surface area contributed by atoms with E-state index < -0.39 is 27.5 Å². The minimum absolute atomic E-state index is 0.0122. The number of ether oxygens (including phenoxy) is 3. The first-order valence-electron chi connectivity index (χ1n) is 8.93. The quantitative estimate of drug-likeness (QED) is 0.368. The fraction of sp³-hybridized carbons (Fsp3) is 0.200. The van der Waals surface area contributed by atoms with Crippen LogP contribution in [0.2, 0.25) is 0 Å². The molecule has 1 N–H and O–H groups in total. The van der Waals surface area contributed by atoms with Gasteiger partial charge < -0.3 is 19.3 Å². The molecule has 2 amide bonds. The van der Waals surface area contributed by atoms with Gasteiger partial charge in [-0.25, -0.2) is 0 Å². The highest BCUT2D eigenvalue weighted by Crippen LogP contribution is 2.41. The summed E-state index contributed by atoms with van der Waals surface area (Å²) < 4.78 is 15.7. The fourth-order valence-corrected chi connectivity index (χ4v) is 3.76. The Labute approximate surface area is 181 Å². The van der Waals surface area contributed by atoms with E-state index >= 15 is 0 Å². The number of imide groups is 1. The first kappa shape index (κ1) is 22.0. The molecule has 0 unspecified atom stereocenters. The van der Waals surface area contributed by atoms with Gasteiger partial charge in [-0.3, -0.25) is 24.6 Å². The van der Waals surface area contributed by atoms with E-state index in [9.17, 15) is 24.8 Å². The molecule has 3 rings (SSSR count). The Morgan fingerprint density at radius 3 is 2.48 bits per heavy atom. The molecule has 1 aliphatic rings. The summed E-state index contributed by atoms with van der Waals surface area (Å²) in [5.74, 6) is -0.347. The Kier molecular flexibility index (Phi) is 6.65. The van der Waals surface area contributed by atoms with Crippen LogP contribution in [0, 0.1) is 10.1 Å². The number of para-hydroxylation sites is 2. The van der Waals surface area contributed by atoms with Crippen molar-refractivity contribution in [3.8, 4) is 23.0 Å². The number of phenols is 1. The van der Waals surface area contributed by atoms with E-state index in [1.807, 2.05) is 0 Å². The Balaban J connectivity index is 1.77. The van der Waals surface area contributed by atoms with Crippen LogP contribution in [0.25, 0.3) is 6.08 Å². The molecule has 31 heavy (non-hydrogen) atoms. The van der Waals surface area contributed by atoms with Gasteiger partial charge in [0.2, 0.25) is 5.75 Å². The minimum Gasteiger partial charge on any atom is -0.504 e. The first-order chi connectivity index (χ1) is 14.9. The molecule has 0 radical (unpaired) electrons. The second kappa shape index (κ2) is 9.39. The monoisotopic (exact) mass is 446 g/mol. The van der Waals surface area contributed by atoms with Crippen molar-refractivity contribution < 1.29 is 33.8 Å². The van der Waals surface area contributed by atoms with Crippen LogP contribution in [-0.4, -0.2) is 53.4 Å². The first-order valence-corrected chi connectivity index (χ1v) is 9.74. The lowest BCUT2D eigenvalue weighted by molar-refractivity contribution is -0.386. The second-order valence-electron chi connectivity index (χ2n) is 6.15. The Bertz CT molecular complexity index is 1070. The van der Waals surface area contributed by atoms with Crippen LogP contribution in [0.4, 0.5) is 10.5 Å². The summed E-state index contributed by atoms with van der Waals surface area (Å²) in [4.78, 5) is 36.7. The SMILES string of the molecule is COc1ccccc1OCCN1C(=O)S/C(=C\c2ccc(O)c(OC)c2[N+](=O)[O-])C1=O. The van der Waals surface area contributed by atoms with E-state index in [2.05, 4.69) is 0 Å². The van der Waals surface area contributed by atoms with E-state index in [1.54, 1.807) is 24.3 Å². The molecule has 11 heteroatoms. The van der Waals surface area contributed by atoms with Crippen molar-refractivity contribution in [3.05, 3.63) is 57.0 Å². The second-order valence-corrected chi connectivity index (χ2v) is 7.14. The summed E-state index contributed by atoms with van der Waals surface area (Å²) >= 11 is 0.661. The largest absolute Gasteiger partial charge is 0.504 e. The summed E-state index contributed by atoms with van der Waals surface area (Å²) in [5.41, 5.74) is -0.482. The van der Waals surface area contributed by atoms with Gasteiger partial charge in [0.25, 0.3) is 11.1 Å². The zero-order chi connectivity index (χ0) is 22.5. The highest BCUT2D eigenvalue weighted by molar-refractivity contribution is 8.18. The molecule has 0 aliphatic carbocycles. The molecule has 162 valence electrons. The number of benzene rings is 2. The highest BCUT2D eigenvalue weighted by Gasteiger charge is 2.36. The number of carbonyl (C=O) groups excluding carboxylic acids is 2. The molecule has 2 aromatic carbocycles. The standard InChI is InChI=1S/C20H18N2O8S/c1-28-14-5-3-4-6-15(14)30-10-9-21-19(24)16(31-20(21)25)11-12-7-8-13(23)18(29-2)17(12)22(26)27/h3-8,11,23H,9-10H2,1-2H3/b16-11-. The average molecular weight is 446 g/mol. The van der Waals surface area contributed by atoms with Crippen molar-refractivity contribution in [3.63, 3.8) is 0 Å². The van der Waals surface area contributed by atoms with Gasteiger partial charge in [-0.1, -0.05) is 12.1 Å². The number of nitro benzene ring substituents is 1. The molecule has 1 fully saturated rings. The third-order valence-corrected chi connectivity index (χ3v) is 5.24. The lowest BCUT2D eigenvalue weighted by Gasteiger charge is -2.14. The maximum absolute atomic E-state index is 12.7. The van der Waals surface area contributed by atoms with Gasteiger partial charge in [0.05, 0.1) is 36.2 Å². The van der Waals surface area contributed by atoms with Gasteiger partial charge in [0.15, 0.2) is 17.2 Å². The number of hydrogen-bond acceptors (Lipinski definition) is 9. The normalized spacial score (nSPS) is 14.8. The minimum atomic E-state index is -0.726. The average Bonchev–Trinajstić information content (AvgIpc) is 3.02. The molecule has 0 spiro atoms. The van der Waals surface area contributed by atoms with Gasteiger partial charge in [-0.2, -0.15) is 0 Å². The number of aromatic hydroxyl groups is 1. The van der Waals surface area contributed by atoms with Gasteiger partial charge >= 0.3 is 5.69 Å². The number of phenolic OH excluding ortho intramolecular Hbond substituents is 1. The van der Waals surface area contributed by atoms with E-state index in [4.69, 9.17) is 14.2 Å². The maximum atomic E-state index is 12.7. The molecular weight excluding hydrogens is 428 g/mol. The zero-order valence-corrected chi connectivity index (χ0v) is 17.4. The van der Waals surface area contributed by atoms with Crippen molar-refractivity contribution in [2.75, 3.05) is 27.4 Å². The predicted octanol–water partition coefficient (Wildman–Crippen LogP) is 3.43. The van der Waals surface area contributed by atoms with Crippen molar-refractivity contribution in [1.29, 1.82) is 0 Å². The summed E-state index contributed by atoms with van der Waals surface area (Å²) in [5, 5.41) is 20.7. The van der Waals surface area contributed by atoms with Crippen molar-refractivity contribution >= 4 is 34.7 Å². The molecule has 0 bridgehead atoms. The van der Waals surface area contributed by atoms with Gasteiger partial charge in [0, 0.05) is 0 Å². The third kappa shape index (κ3) is 4.56. The van der Waals surface area contributed by atoms with E-state index in [0.717, 1.165) is 4.90 Å². The number of thioether (sulfide) groups is 1. The molecule has 1 aliphatic heterocycles. The molecule has 1 saturated heterocycles. The van der Waals surface area contributed by atoms with Crippen LogP contribution in [0.3, 0.4) is 0 Å². The topological polar surface area (TPSA) is 128 Å². The molecule has 0 aromatic heterocycles. The molecule has 0 saturated carbocycles. The van der Waals surface area contributed by atoms with Crippen molar-refractivity contribution in [1.82, 2.24) is 4.90 Å². The Hall–Kier alpha value is -3.73. The zero-order valence-electron chi connectivity index (χ0n) is 16.6. The predicted molar refractivity (Wildman–Crippen MR) is 112 cm³/mol. The summed E-state index contributed by atoms with van der Waals surface area (Å²) in [6.07, 6.45) is 1.23. The number of nitrogens with zero attached hydrogens (tertiary/aromatic N) is 2. The van der Waals surface area contributed by atoms with E-state index in [-0.39, 0.29) is 29.4 Å². The van der Waals surface area contributed by atoms with Crippen LogP contribution >= 0.6 is 11.8 Å². The lowest BCUT2D eigenvalue weighted by Crippen LogP contribution is -2.32. The van der Waals surface area contributed by atoms with Gasteiger partial charge in [-0.05, 0) is 42.1 Å². The number of amides is 2. The summed E-state index contributed by atoms with van der Waals surface area (Å²) in [7, 11) is 2.68. The molecule has 10 nitrogen and oxygen atoms in total. The number of methoxy groups -OCH3 is 2. The highest BCUT2D eigenvalue weighted by atomic mass is 32.2. The molecule has 0 atom stereocenters. The Morgan fingerprint density at radius 2 is 1.84 bits per heavy atom. The summed E-state index contributed by atoms with van der Waals surface area (Å²) in [6, 6.07) is 9.45. The number of rotatable bonds is 8. The van der Waals surface area contributed by atoms with Crippen molar-refractivity contribution in [2.24, 2.45) is 0 Å². The number of hydrogen-bond donors (Lipinski definition) is 1. The molecule has 1 heterocycles. The van der Waals surface area contributed by atoms with Crippen LogP contribution in [0.1, 0.15) is 5.56 Å². The van der Waals surface area contributed by atoms with Crippen molar-refractivity contribution in [2.45, 2.75) is 0 Å². The number of nitro groups is 1. The third-order valence-electron chi connectivity index (χ3n) is 4.33. The van der Waals surface area contributed by atoms with Crippen LogP contribution in [0.5, 0.6) is 23.0 Å². The molecular formula is C20H18N2O8S. The van der Waals surface area contributed by atoms with E-state index in [0.29, 0.717) is 23.3 Å². The van der Waals surface area contributed by atoms with Crippen LogP contribution in [-0.2, 0) is 4.79 Å². The fourth-order valence-electron chi connectivity index (χ4n) is 2.90. The van der Waals surface area contributed by atoms with E-state index in [1.165, 1.54) is 32.4 Å². The Morgan fingerprint density at radius 1 is 1.13 bits per heavy atom. The van der Waals surface area contributed by atoms with Crippen LogP contribution < -0.4 is 14.2 Å². The summed E-state index contributed by atoms with van der Waals surface area (Å²) in [6.45, 7) is 0.0277. The van der Waals surface area contributed by atoms with Gasteiger partial charge in [0.1, 0.15) is 6.61 Å².